The fourth-order valence-corrected chi connectivity index (χ4v) is 2.37. The third-order valence-electron chi connectivity index (χ3n) is 3.71. The van der Waals surface area contributed by atoms with Gasteiger partial charge in [-0.2, -0.15) is 0 Å². The number of hydrogen-bond acceptors (Lipinski definition) is 4. The van der Waals surface area contributed by atoms with E-state index in [9.17, 15) is 5.11 Å². The minimum absolute atomic E-state index is 0.106. The molecule has 2 unspecified atom stereocenters. The molecule has 1 heterocycles. The van der Waals surface area contributed by atoms with Crippen molar-refractivity contribution in [2.24, 2.45) is 0 Å². The predicted molar refractivity (Wildman–Crippen MR) is 74.9 cm³/mol. The molecule has 1 aliphatic rings. The highest BCUT2D eigenvalue weighted by molar-refractivity contribution is 4.71. The van der Waals surface area contributed by atoms with Gasteiger partial charge < -0.3 is 19.7 Å². The number of aliphatic hydroxyl groups excluding tert-OH is 2. The SMILES string of the molecule is C[C@@H]1OC(OCCCCCCCCCO)CCC1O. The van der Waals surface area contributed by atoms with E-state index in [1.807, 2.05) is 6.92 Å². The zero-order chi connectivity index (χ0) is 13.9. The first-order chi connectivity index (χ1) is 9.24. The van der Waals surface area contributed by atoms with Gasteiger partial charge in [-0.1, -0.05) is 32.1 Å². The maximum Gasteiger partial charge on any atom is 0.158 e. The number of hydrogen-bond donors (Lipinski definition) is 2. The monoisotopic (exact) mass is 274 g/mol. The van der Waals surface area contributed by atoms with Crippen LogP contribution < -0.4 is 0 Å². The van der Waals surface area contributed by atoms with Crippen molar-refractivity contribution in [2.45, 2.75) is 83.2 Å². The van der Waals surface area contributed by atoms with E-state index in [2.05, 4.69) is 0 Å². The molecule has 0 amide bonds. The highest BCUT2D eigenvalue weighted by Gasteiger charge is 2.26. The molecular weight excluding hydrogens is 244 g/mol. The summed E-state index contributed by atoms with van der Waals surface area (Å²) in [7, 11) is 0. The van der Waals surface area contributed by atoms with Crippen molar-refractivity contribution in [3.63, 3.8) is 0 Å². The molecule has 2 N–H and O–H groups in total. The molecule has 1 saturated heterocycles. The summed E-state index contributed by atoms with van der Waals surface area (Å²) in [6.07, 6.45) is 9.09. The quantitative estimate of drug-likeness (QED) is 0.601. The first kappa shape index (κ1) is 16.9. The Morgan fingerprint density at radius 3 is 2.26 bits per heavy atom. The van der Waals surface area contributed by atoms with Crippen molar-refractivity contribution in [1.29, 1.82) is 0 Å². The molecule has 19 heavy (non-hydrogen) atoms. The summed E-state index contributed by atoms with van der Waals surface area (Å²) < 4.78 is 11.3. The van der Waals surface area contributed by atoms with Gasteiger partial charge in [0.2, 0.25) is 0 Å². The second-order valence-electron chi connectivity index (χ2n) is 5.48. The summed E-state index contributed by atoms with van der Waals surface area (Å²) in [4.78, 5) is 0. The predicted octanol–water partition coefficient (Wildman–Crippen LogP) is 2.61. The normalized spacial score (nSPS) is 27.6. The van der Waals surface area contributed by atoms with Crippen LogP contribution in [0, 0.1) is 0 Å². The van der Waals surface area contributed by atoms with Crippen molar-refractivity contribution in [3.8, 4) is 0 Å². The molecule has 0 spiro atoms. The second-order valence-corrected chi connectivity index (χ2v) is 5.48. The molecule has 0 aromatic rings. The summed E-state index contributed by atoms with van der Waals surface area (Å²) in [5.41, 5.74) is 0. The van der Waals surface area contributed by atoms with E-state index < -0.39 is 0 Å². The van der Waals surface area contributed by atoms with E-state index in [-0.39, 0.29) is 18.5 Å². The van der Waals surface area contributed by atoms with Crippen LogP contribution in [-0.2, 0) is 9.47 Å². The van der Waals surface area contributed by atoms with Crippen molar-refractivity contribution < 1.29 is 19.7 Å². The Labute approximate surface area is 117 Å². The van der Waals surface area contributed by atoms with Gasteiger partial charge in [-0.05, 0) is 26.2 Å². The molecule has 1 rings (SSSR count). The maximum atomic E-state index is 9.53. The van der Waals surface area contributed by atoms with E-state index >= 15 is 0 Å². The Balaban J connectivity index is 1.86. The van der Waals surface area contributed by atoms with Crippen LogP contribution >= 0.6 is 0 Å². The smallest absolute Gasteiger partial charge is 0.158 e. The lowest BCUT2D eigenvalue weighted by atomic mass is 10.1. The van der Waals surface area contributed by atoms with Gasteiger partial charge in [0.15, 0.2) is 6.29 Å². The largest absolute Gasteiger partial charge is 0.396 e. The van der Waals surface area contributed by atoms with Crippen LogP contribution in [0.4, 0.5) is 0 Å². The standard InChI is InChI=1S/C15H30O4/c1-13-14(17)9-10-15(19-13)18-12-8-6-4-2-3-5-7-11-16/h13-17H,2-12H2,1H3/t13-,14?,15?/m0/s1. The van der Waals surface area contributed by atoms with Crippen LogP contribution in [0.25, 0.3) is 0 Å². The van der Waals surface area contributed by atoms with Crippen LogP contribution in [0.2, 0.25) is 0 Å². The van der Waals surface area contributed by atoms with Crippen LogP contribution in [0.15, 0.2) is 0 Å². The first-order valence-corrected chi connectivity index (χ1v) is 7.80. The Morgan fingerprint density at radius 1 is 1.00 bits per heavy atom. The van der Waals surface area contributed by atoms with Crippen molar-refractivity contribution in [2.75, 3.05) is 13.2 Å². The van der Waals surface area contributed by atoms with Gasteiger partial charge in [0.05, 0.1) is 12.2 Å². The molecule has 4 nitrogen and oxygen atoms in total. The highest BCUT2D eigenvalue weighted by Crippen LogP contribution is 2.20. The highest BCUT2D eigenvalue weighted by atomic mass is 16.7. The van der Waals surface area contributed by atoms with Gasteiger partial charge >= 0.3 is 0 Å². The first-order valence-electron chi connectivity index (χ1n) is 7.80. The number of unbranched alkanes of at least 4 members (excludes halogenated alkanes) is 6. The topological polar surface area (TPSA) is 58.9 Å². The zero-order valence-electron chi connectivity index (χ0n) is 12.2. The molecule has 114 valence electrons. The number of rotatable bonds is 10. The second kappa shape index (κ2) is 10.6. The van der Waals surface area contributed by atoms with E-state index in [0.717, 1.165) is 38.7 Å². The fourth-order valence-electron chi connectivity index (χ4n) is 2.37. The van der Waals surface area contributed by atoms with Gasteiger partial charge in [-0.25, -0.2) is 0 Å². The van der Waals surface area contributed by atoms with E-state index in [0.29, 0.717) is 6.61 Å². The lowest BCUT2D eigenvalue weighted by Crippen LogP contribution is -2.38. The summed E-state index contributed by atoms with van der Waals surface area (Å²) in [6, 6.07) is 0. The minimum Gasteiger partial charge on any atom is -0.396 e. The molecule has 1 fully saturated rings. The molecule has 0 aromatic carbocycles. The molecular formula is C15H30O4. The third-order valence-corrected chi connectivity index (χ3v) is 3.71. The van der Waals surface area contributed by atoms with Crippen LogP contribution in [0.5, 0.6) is 0 Å². The van der Waals surface area contributed by atoms with Crippen LogP contribution in [0.3, 0.4) is 0 Å². The molecule has 0 aliphatic carbocycles. The molecule has 0 saturated carbocycles. The Morgan fingerprint density at radius 2 is 1.63 bits per heavy atom. The van der Waals surface area contributed by atoms with Gasteiger partial charge in [-0.3, -0.25) is 0 Å². The number of ether oxygens (including phenoxy) is 2. The van der Waals surface area contributed by atoms with Crippen molar-refractivity contribution >= 4 is 0 Å². The van der Waals surface area contributed by atoms with Crippen molar-refractivity contribution in [3.05, 3.63) is 0 Å². The molecule has 0 bridgehead atoms. The Kier molecular flexibility index (Phi) is 9.43. The summed E-state index contributed by atoms with van der Waals surface area (Å²) in [5.74, 6) is 0. The van der Waals surface area contributed by atoms with E-state index in [1.165, 1.54) is 25.7 Å². The average molecular weight is 274 g/mol. The average Bonchev–Trinajstić information content (AvgIpc) is 2.41. The summed E-state index contributed by atoms with van der Waals surface area (Å²) in [5, 5.41) is 18.2. The molecule has 3 atom stereocenters. The zero-order valence-corrected chi connectivity index (χ0v) is 12.2. The van der Waals surface area contributed by atoms with Gasteiger partial charge in [0.1, 0.15) is 0 Å². The maximum absolute atomic E-state index is 9.53. The lowest BCUT2D eigenvalue weighted by molar-refractivity contribution is -0.217. The summed E-state index contributed by atoms with van der Waals surface area (Å²) in [6.45, 7) is 2.97. The third kappa shape index (κ3) is 7.88. The summed E-state index contributed by atoms with van der Waals surface area (Å²) >= 11 is 0. The lowest BCUT2D eigenvalue weighted by Gasteiger charge is -2.31. The fraction of sp³-hybridized carbons (Fsp3) is 1.00. The van der Waals surface area contributed by atoms with Gasteiger partial charge in [0, 0.05) is 19.6 Å². The molecule has 0 aromatic heterocycles. The Bertz CT molecular complexity index is 210. The van der Waals surface area contributed by atoms with Crippen LogP contribution in [-0.4, -0.2) is 41.9 Å². The number of aliphatic hydroxyl groups is 2. The van der Waals surface area contributed by atoms with Crippen LogP contribution in [0.1, 0.15) is 64.7 Å². The molecule has 4 heteroatoms. The van der Waals surface area contributed by atoms with Gasteiger partial charge in [0.25, 0.3) is 0 Å². The molecule has 0 radical (unpaired) electrons. The Hall–Kier alpha value is -0.160. The van der Waals surface area contributed by atoms with E-state index in [1.54, 1.807) is 0 Å². The van der Waals surface area contributed by atoms with Gasteiger partial charge in [-0.15, -0.1) is 0 Å². The van der Waals surface area contributed by atoms with E-state index in [4.69, 9.17) is 14.6 Å². The molecule has 1 aliphatic heterocycles. The minimum atomic E-state index is -0.334. The van der Waals surface area contributed by atoms with Crippen molar-refractivity contribution in [1.82, 2.24) is 0 Å².